The number of hydrogen-bond acceptors (Lipinski definition) is 1. The van der Waals surface area contributed by atoms with Crippen molar-refractivity contribution in [2.75, 3.05) is 0 Å². The molecule has 4 rings (SSSR count). The fourth-order valence-electron chi connectivity index (χ4n) is 4.29. The van der Waals surface area contributed by atoms with E-state index in [1.54, 1.807) is 12.1 Å². The number of carbonyl (C=O) groups excluding carboxylic acids is 1. The van der Waals surface area contributed by atoms with Gasteiger partial charge in [-0.25, -0.2) is 0 Å². The Hall–Kier alpha value is -2.89. The summed E-state index contributed by atoms with van der Waals surface area (Å²) in [5.41, 5.74) is 5.15. The molecule has 0 aliphatic heterocycles. The lowest BCUT2D eigenvalue weighted by Gasteiger charge is -2.28. The Balaban J connectivity index is 1.78. The highest BCUT2D eigenvalue weighted by atomic mass is 19.4. The number of H-pyrrole nitrogens is 1. The minimum atomic E-state index is -4.27. The van der Waals surface area contributed by atoms with Gasteiger partial charge in [-0.15, -0.1) is 0 Å². The summed E-state index contributed by atoms with van der Waals surface area (Å²) >= 11 is 0. The first-order chi connectivity index (χ1) is 14.1. The van der Waals surface area contributed by atoms with E-state index in [4.69, 9.17) is 0 Å². The van der Waals surface area contributed by atoms with E-state index in [0.717, 1.165) is 44.6 Å². The summed E-state index contributed by atoms with van der Waals surface area (Å²) in [6.45, 7) is 3.12. The zero-order valence-electron chi connectivity index (χ0n) is 17.0. The molecular weight excluding hydrogens is 389 g/mol. The second-order valence-corrected chi connectivity index (χ2v) is 8.81. The van der Waals surface area contributed by atoms with Crippen LogP contribution in [0.3, 0.4) is 0 Å². The summed E-state index contributed by atoms with van der Waals surface area (Å²) in [6, 6.07) is 13.2. The normalized spacial score (nSPS) is 15.8. The Morgan fingerprint density at radius 3 is 2.33 bits per heavy atom. The van der Waals surface area contributed by atoms with Gasteiger partial charge in [-0.1, -0.05) is 44.2 Å². The SMILES string of the molecule is CC1(C)CC(=O)c2c([nH]c(-c3cc[n+](CC(F)(F)F)cc3)c2Cc2ccccc2)C1. The summed E-state index contributed by atoms with van der Waals surface area (Å²) in [7, 11) is 0. The van der Waals surface area contributed by atoms with Gasteiger partial charge >= 0.3 is 6.18 Å². The Labute approximate surface area is 173 Å². The van der Waals surface area contributed by atoms with Crippen molar-refractivity contribution in [3.05, 3.63) is 77.2 Å². The number of aromatic amines is 1. The third-order valence-corrected chi connectivity index (χ3v) is 5.52. The van der Waals surface area contributed by atoms with E-state index in [0.29, 0.717) is 12.8 Å². The van der Waals surface area contributed by atoms with Crippen LogP contribution < -0.4 is 4.57 Å². The zero-order valence-corrected chi connectivity index (χ0v) is 17.0. The fourth-order valence-corrected chi connectivity index (χ4v) is 4.29. The van der Waals surface area contributed by atoms with E-state index >= 15 is 0 Å². The van der Waals surface area contributed by atoms with Gasteiger partial charge in [0.05, 0.1) is 5.69 Å². The molecule has 2 aromatic heterocycles. The molecule has 1 aliphatic rings. The van der Waals surface area contributed by atoms with E-state index in [2.05, 4.69) is 18.8 Å². The first-order valence-corrected chi connectivity index (χ1v) is 9.98. The lowest BCUT2D eigenvalue weighted by Crippen LogP contribution is -2.40. The number of aromatic nitrogens is 2. The number of Topliss-reactive ketones (excluding diaryl/α,β-unsaturated/α-hetero) is 1. The van der Waals surface area contributed by atoms with Crippen molar-refractivity contribution in [1.82, 2.24) is 4.98 Å². The van der Waals surface area contributed by atoms with Crippen LogP contribution in [0.15, 0.2) is 54.9 Å². The van der Waals surface area contributed by atoms with Gasteiger partial charge in [0.2, 0.25) is 6.54 Å². The second-order valence-electron chi connectivity index (χ2n) is 8.81. The number of nitrogens with zero attached hydrogens (tertiary/aromatic N) is 1. The molecule has 3 aromatic rings. The van der Waals surface area contributed by atoms with Crippen LogP contribution in [-0.4, -0.2) is 16.9 Å². The zero-order chi connectivity index (χ0) is 21.5. The quantitative estimate of drug-likeness (QED) is 0.581. The number of rotatable bonds is 4. The summed E-state index contributed by atoms with van der Waals surface area (Å²) in [5.74, 6) is 0.123. The van der Waals surface area contributed by atoms with Gasteiger partial charge in [-0.2, -0.15) is 17.7 Å². The molecule has 1 N–H and O–H groups in total. The predicted octanol–water partition coefficient (Wildman–Crippen LogP) is 5.28. The maximum absolute atomic E-state index is 13.0. The third-order valence-electron chi connectivity index (χ3n) is 5.52. The molecule has 2 heterocycles. The fraction of sp³-hybridized carbons (Fsp3) is 0.333. The van der Waals surface area contributed by atoms with Crippen LogP contribution in [0.2, 0.25) is 0 Å². The van der Waals surface area contributed by atoms with Crippen molar-refractivity contribution in [3.63, 3.8) is 0 Å². The molecule has 0 radical (unpaired) electrons. The topological polar surface area (TPSA) is 36.7 Å². The molecule has 0 spiro atoms. The Bertz CT molecular complexity index is 1060. The number of benzene rings is 1. The van der Waals surface area contributed by atoms with Crippen LogP contribution in [0.4, 0.5) is 13.2 Å². The van der Waals surface area contributed by atoms with E-state index in [-0.39, 0.29) is 11.2 Å². The van der Waals surface area contributed by atoms with Gasteiger partial charge in [0.15, 0.2) is 18.2 Å². The van der Waals surface area contributed by atoms with Gasteiger partial charge in [0, 0.05) is 41.8 Å². The van der Waals surface area contributed by atoms with Gasteiger partial charge < -0.3 is 4.98 Å². The molecule has 0 amide bonds. The van der Waals surface area contributed by atoms with Crippen molar-refractivity contribution in [3.8, 4) is 11.3 Å². The minimum absolute atomic E-state index is 0.122. The smallest absolute Gasteiger partial charge is 0.358 e. The number of halogens is 3. The molecule has 0 fully saturated rings. The third kappa shape index (κ3) is 4.32. The molecule has 0 saturated heterocycles. The maximum atomic E-state index is 13.0. The molecule has 0 saturated carbocycles. The average molecular weight is 413 g/mol. The molecule has 0 atom stereocenters. The van der Waals surface area contributed by atoms with E-state index in [1.165, 1.54) is 12.4 Å². The van der Waals surface area contributed by atoms with Crippen LogP contribution in [0, 0.1) is 5.41 Å². The standard InChI is InChI=1S/C24H23F3N2O/c1-23(2)13-19-21(20(30)14-23)18(12-16-6-4-3-5-7-16)22(28-19)17-8-10-29(11-9-17)15-24(25,26)27/h3-11H,12-15H2,1-2H3/p+1. The van der Waals surface area contributed by atoms with Crippen molar-refractivity contribution in [2.45, 2.75) is 45.8 Å². The molecule has 0 bridgehead atoms. The Kier molecular flexibility index (Phi) is 5.04. The number of ketones is 1. The number of carbonyl (C=O) groups is 1. The van der Waals surface area contributed by atoms with Gasteiger partial charge in [0.25, 0.3) is 0 Å². The van der Waals surface area contributed by atoms with Crippen molar-refractivity contribution in [1.29, 1.82) is 0 Å². The summed E-state index contributed by atoms with van der Waals surface area (Å²) in [4.78, 5) is 16.5. The lowest BCUT2D eigenvalue weighted by molar-refractivity contribution is -0.719. The number of alkyl halides is 3. The largest absolute Gasteiger partial charge is 0.448 e. The molecule has 0 unspecified atom stereocenters. The molecular formula is C24H24F3N2O+. The lowest BCUT2D eigenvalue weighted by atomic mass is 9.75. The minimum Gasteiger partial charge on any atom is -0.358 e. The molecule has 3 nitrogen and oxygen atoms in total. The molecule has 30 heavy (non-hydrogen) atoms. The van der Waals surface area contributed by atoms with Crippen molar-refractivity contribution < 1.29 is 22.5 Å². The number of hydrogen-bond donors (Lipinski definition) is 1. The van der Waals surface area contributed by atoms with Gasteiger partial charge in [-0.05, 0) is 23.0 Å². The van der Waals surface area contributed by atoms with E-state index in [9.17, 15) is 18.0 Å². The predicted molar refractivity (Wildman–Crippen MR) is 108 cm³/mol. The highest BCUT2D eigenvalue weighted by Gasteiger charge is 2.36. The van der Waals surface area contributed by atoms with Crippen LogP contribution in [0.1, 0.15) is 47.4 Å². The average Bonchev–Trinajstić information content (AvgIpc) is 2.99. The highest BCUT2D eigenvalue weighted by molar-refractivity contribution is 6.02. The number of fused-ring (bicyclic) bond motifs is 1. The Morgan fingerprint density at radius 1 is 1.03 bits per heavy atom. The van der Waals surface area contributed by atoms with Crippen molar-refractivity contribution >= 4 is 5.78 Å². The number of pyridine rings is 1. The molecule has 1 aromatic carbocycles. The Morgan fingerprint density at radius 2 is 1.70 bits per heavy atom. The first-order valence-electron chi connectivity index (χ1n) is 9.98. The second kappa shape index (κ2) is 7.42. The first kappa shape index (κ1) is 20.4. The van der Waals surface area contributed by atoms with Gasteiger partial charge in [-0.3, -0.25) is 4.79 Å². The number of nitrogens with one attached hydrogen (secondary N) is 1. The molecule has 6 heteroatoms. The van der Waals surface area contributed by atoms with E-state index < -0.39 is 12.7 Å². The molecule has 156 valence electrons. The van der Waals surface area contributed by atoms with Crippen molar-refractivity contribution in [2.24, 2.45) is 5.41 Å². The maximum Gasteiger partial charge on any atom is 0.448 e. The van der Waals surface area contributed by atoms with E-state index in [1.807, 2.05) is 30.3 Å². The summed E-state index contributed by atoms with van der Waals surface area (Å²) in [6.07, 6.45) is 0.428. The summed E-state index contributed by atoms with van der Waals surface area (Å²) < 4.78 is 39.1. The van der Waals surface area contributed by atoms with Crippen LogP contribution >= 0.6 is 0 Å². The van der Waals surface area contributed by atoms with Crippen LogP contribution in [-0.2, 0) is 19.4 Å². The van der Waals surface area contributed by atoms with Crippen LogP contribution in [0.25, 0.3) is 11.3 Å². The van der Waals surface area contributed by atoms with Crippen LogP contribution in [0.5, 0.6) is 0 Å². The van der Waals surface area contributed by atoms with Gasteiger partial charge in [0.1, 0.15) is 0 Å². The monoisotopic (exact) mass is 413 g/mol. The molecule has 1 aliphatic carbocycles. The highest BCUT2D eigenvalue weighted by Crippen LogP contribution is 2.40. The summed E-state index contributed by atoms with van der Waals surface area (Å²) in [5, 5.41) is 0.